The van der Waals surface area contributed by atoms with Crippen molar-refractivity contribution in [3.63, 3.8) is 0 Å². The number of hydrogen-bond acceptors (Lipinski definition) is 7. The fourth-order valence-electron chi connectivity index (χ4n) is 4.75. The Morgan fingerprint density at radius 2 is 2.03 bits per heavy atom. The molecule has 0 spiro atoms. The smallest absolute Gasteiger partial charge is 0.307 e. The highest BCUT2D eigenvalue weighted by atomic mass is 31.2. The van der Waals surface area contributed by atoms with E-state index >= 15 is 0 Å². The third-order valence-electron chi connectivity index (χ3n) is 6.53. The topological polar surface area (TPSA) is 179 Å². The second-order valence-electron chi connectivity index (χ2n) is 9.41. The number of rotatable bonds is 11. The predicted octanol–water partition coefficient (Wildman–Crippen LogP) is 2.27. The van der Waals surface area contributed by atoms with Gasteiger partial charge in [0, 0.05) is 56.0 Å². The van der Waals surface area contributed by atoms with E-state index in [0.29, 0.717) is 17.8 Å². The van der Waals surface area contributed by atoms with Gasteiger partial charge in [0.1, 0.15) is 23.3 Å². The number of carboxylic acids is 1. The van der Waals surface area contributed by atoms with Gasteiger partial charge in [-0.25, -0.2) is 4.98 Å². The standard InChI is InChI=1S/C25H30N5O7P/c1-16(31)28-22(11-19-13-26-15-27-19)24(32)30-9-5-8-23(30)38(35,36)14-18(25(33)34)10-20-12-21(29-37-20)17-6-3-2-4-7-17/h2-4,6-7,12-13,15,18,22-23H,5,8-11,14H2,1H3,(H,26,27)(H,28,31)(H,33,34)(H,35,36)/t18?,22-,23-/m0/s1. The summed E-state index contributed by atoms with van der Waals surface area (Å²) in [6, 6.07) is 9.87. The molecule has 12 nitrogen and oxygen atoms in total. The second-order valence-corrected chi connectivity index (χ2v) is 11.9. The molecule has 4 atom stereocenters. The molecule has 1 saturated heterocycles. The Hall–Kier alpha value is -3.76. The molecule has 13 heteroatoms. The van der Waals surface area contributed by atoms with E-state index in [2.05, 4.69) is 20.4 Å². The van der Waals surface area contributed by atoms with Crippen molar-refractivity contribution in [2.75, 3.05) is 12.7 Å². The minimum absolute atomic E-state index is 0.129. The molecule has 4 N–H and O–H groups in total. The van der Waals surface area contributed by atoms with Gasteiger partial charge in [-0.3, -0.25) is 18.9 Å². The number of aromatic amines is 1. The van der Waals surface area contributed by atoms with Crippen molar-refractivity contribution in [2.45, 2.75) is 44.4 Å². The number of H-pyrrole nitrogens is 1. The van der Waals surface area contributed by atoms with Crippen molar-refractivity contribution in [1.82, 2.24) is 25.3 Å². The van der Waals surface area contributed by atoms with Gasteiger partial charge in [-0.05, 0) is 12.8 Å². The highest BCUT2D eigenvalue weighted by Gasteiger charge is 2.45. The molecule has 1 aliphatic heterocycles. The fraction of sp³-hybridized carbons (Fsp3) is 0.400. The number of imidazole rings is 1. The number of benzene rings is 1. The van der Waals surface area contributed by atoms with Gasteiger partial charge < -0.3 is 29.7 Å². The number of aromatic nitrogens is 3. The average Bonchev–Trinajstić information content (AvgIpc) is 3.65. The monoisotopic (exact) mass is 543 g/mol. The Bertz CT molecular complexity index is 1310. The Kier molecular flexibility index (Phi) is 8.43. The summed E-state index contributed by atoms with van der Waals surface area (Å²) in [6.07, 6.45) is 3.18. The van der Waals surface area contributed by atoms with E-state index in [1.807, 2.05) is 30.3 Å². The molecule has 0 saturated carbocycles. The third kappa shape index (κ3) is 6.56. The molecule has 1 aromatic carbocycles. The molecule has 1 aliphatic rings. The van der Waals surface area contributed by atoms with Crippen LogP contribution in [0.2, 0.25) is 0 Å². The van der Waals surface area contributed by atoms with Gasteiger partial charge in [0.05, 0.1) is 12.2 Å². The summed E-state index contributed by atoms with van der Waals surface area (Å²) in [5, 5.41) is 16.4. The zero-order chi connectivity index (χ0) is 27.3. The van der Waals surface area contributed by atoms with Gasteiger partial charge >= 0.3 is 5.97 Å². The van der Waals surface area contributed by atoms with Crippen LogP contribution in [0.1, 0.15) is 31.2 Å². The highest BCUT2D eigenvalue weighted by molar-refractivity contribution is 7.58. The quantitative estimate of drug-likeness (QED) is 0.264. The maximum Gasteiger partial charge on any atom is 0.307 e. The van der Waals surface area contributed by atoms with Crippen molar-refractivity contribution in [3.05, 3.63) is 60.4 Å². The lowest BCUT2D eigenvalue weighted by Gasteiger charge is -2.32. The van der Waals surface area contributed by atoms with Crippen LogP contribution in [0, 0.1) is 5.92 Å². The molecule has 2 aromatic heterocycles. The van der Waals surface area contributed by atoms with Crippen molar-refractivity contribution in [3.8, 4) is 11.3 Å². The van der Waals surface area contributed by atoms with Gasteiger partial charge in [0.2, 0.25) is 19.2 Å². The van der Waals surface area contributed by atoms with Crippen molar-refractivity contribution in [1.29, 1.82) is 0 Å². The Morgan fingerprint density at radius 3 is 2.68 bits per heavy atom. The molecule has 3 aromatic rings. The molecule has 3 heterocycles. The first-order chi connectivity index (χ1) is 18.1. The van der Waals surface area contributed by atoms with E-state index in [1.54, 1.807) is 6.07 Å². The average molecular weight is 544 g/mol. The largest absolute Gasteiger partial charge is 0.481 e. The molecular formula is C25H30N5O7P. The number of aliphatic carboxylic acids is 1. The fourth-order valence-corrected chi connectivity index (χ4v) is 7.16. The van der Waals surface area contributed by atoms with Crippen molar-refractivity contribution < 1.29 is 33.5 Å². The summed E-state index contributed by atoms with van der Waals surface area (Å²) in [4.78, 5) is 56.5. The molecular weight excluding hydrogens is 513 g/mol. The molecule has 38 heavy (non-hydrogen) atoms. The maximum absolute atomic E-state index is 13.6. The third-order valence-corrected chi connectivity index (χ3v) is 8.96. The Morgan fingerprint density at radius 1 is 1.26 bits per heavy atom. The molecule has 202 valence electrons. The lowest BCUT2D eigenvalue weighted by Crippen LogP contribution is -2.50. The minimum atomic E-state index is -4.16. The van der Waals surface area contributed by atoms with E-state index in [1.165, 1.54) is 24.3 Å². The number of likely N-dealkylation sites (tertiary alicyclic amines) is 1. The van der Waals surface area contributed by atoms with E-state index < -0.39 is 49.1 Å². The highest BCUT2D eigenvalue weighted by Crippen LogP contribution is 2.53. The van der Waals surface area contributed by atoms with E-state index in [4.69, 9.17) is 4.52 Å². The number of carbonyl (C=O) groups is 3. The molecule has 4 rings (SSSR count). The predicted molar refractivity (Wildman–Crippen MR) is 136 cm³/mol. The number of carbonyl (C=O) groups excluding carboxylic acids is 2. The molecule has 0 bridgehead atoms. The van der Waals surface area contributed by atoms with Gasteiger partial charge in [-0.15, -0.1) is 0 Å². The van der Waals surface area contributed by atoms with Crippen LogP contribution in [0.15, 0.2) is 53.4 Å². The summed E-state index contributed by atoms with van der Waals surface area (Å²) < 4.78 is 18.9. The summed E-state index contributed by atoms with van der Waals surface area (Å²) in [7, 11) is -4.16. The minimum Gasteiger partial charge on any atom is -0.481 e. The van der Waals surface area contributed by atoms with Crippen LogP contribution in [0.25, 0.3) is 11.3 Å². The van der Waals surface area contributed by atoms with Crippen molar-refractivity contribution >= 4 is 25.2 Å². The summed E-state index contributed by atoms with van der Waals surface area (Å²) in [6.45, 7) is 1.52. The SMILES string of the molecule is CC(=O)N[C@@H](Cc1cnc[nH]1)C(=O)N1CCC[C@@H]1P(=O)(O)CC(Cc1cc(-c2ccccc2)no1)C(=O)O. The summed E-state index contributed by atoms with van der Waals surface area (Å²) >= 11 is 0. The first kappa shape index (κ1) is 27.3. The molecule has 0 aliphatic carbocycles. The van der Waals surface area contributed by atoms with Gasteiger partial charge in [0.15, 0.2) is 0 Å². The molecule has 2 amide bonds. The summed E-state index contributed by atoms with van der Waals surface area (Å²) in [5.74, 6) is -4.16. The molecule has 1 fully saturated rings. The van der Waals surface area contributed by atoms with Gasteiger partial charge in [-0.1, -0.05) is 35.5 Å². The van der Waals surface area contributed by atoms with E-state index in [9.17, 15) is 28.9 Å². The second kappa shape index (κ2) is 11.7. The molecule has 0 radical (unpaired) electrons. The van der Waals surface area contributed by atoms with Crippen LogP contribution < -0.4 is 5.32 Å². The van der Waals surface area contributed by atoms with E-state index in [-0.39, 0.29) is 31.6 Å². The number of nitrogens with one attached hydrogen (secondary N) is 2. The zero-order valence-electron chi connectivity index (χ0n) is 20.8. The van der Waals surface area contributed by atoms with Crippen LogP contribution in [0.3, 0.4) is 0 Å². The van der Waals surface area contributed by atoms with Gasteiger partial charge in [-0.2, -0.15) is 0 Å². The van der Waals surface area contributed by atoms with E-state index in [0.717, 1.165) is 5.56 Å². The van der Waals surface area contributed by atoms with Crippen LogP contribution >= 0.6 is 7.37 Å². The number of amides is 2. The van der Waals surface area contributed by atoms with Crippen LogP contribution in [0.4, 0.5) is 0 Å². The number of hydrogen-bond donors (Lipinski definition) is 4. The van der Waals surface area contributed by atoms with Crippen LogP contribution in [0.5, 0.6) is 0 Å². The van der Waals surface area contributed by atoms with Crippen LogP contribution in [-0.4, -0.2) is 72.3 Å². The van der Waals surface area contributed by atoms with Crippen molar-refractivity contribution in [2.24, 2.45) is 5.92 Å². The van der Waals surface area contributed by atoms with Gasteiger partial charge in [0.25, 0.3) is 0 Å². The number of nitrogens with zero attached hydrogens (tertiary/aromatic N) is 3. The number of carboxylic acid groups (broad SMARTS) is 1. The summed E-state index contributed by atoms with van der Waals surface area (Å²) in [5.41, 5.74) is 1.95. The lowest BCUT2D eigenvalue weighted by molar-refractivity contribution is -0.141. The first-order valence-electron chi connectivity index (χ1n) is 12.2. The first-order valence-corrected chi connectivity index (χ1v) is 14.2. The normalized spacial score (nSPS) is 18.5. The van der Waals surface area contributed by atoms with Crippen LogP contribution in [-0.2, 0) is 31.8 Å². The molecule has 2 unspecified atom stereocenters. The Labute approximate surface area is 218 Å². The Balaban J connectivity index is 1.48. The zero-order valence-corrected chi connectivity index (χ0v) is 21.7. The lowest BCUT2D eigenvalue weighted by atomic mass is 10.1. The maximum atomic E-state index is 13.6.